The quantitative estimate of drug-likeness (QED) is 0.156. The number of nitro benzene ring substituents is 1. The van der Waals surface area contributed by atoms with Crippen LogP contribution in [-0.4, -0.2) is 29.0 Å². The number of nitro groups is 1. The second-order valence-electron chi connectivity index (χ2n) is 6.38. The Morgan fingerprint density at radius 3 is 2.13 bits per heavy atom. The van der Waals surface area contributed by atoms with Crippen LogP contribution in [0.15, 0.2) is 83.8 Å². The van der Waals surface area contributed by atoms with Gasteiger partial charge in [-0.15, -0.1) is 11.8 Å². The monoisotopic (exact) mass is 421 g/mol. The molecular formula is C23H19NO5S. The average Bonchev–Trinajstić information content (AvgIpc) is 2.78. The minimum Gasteiger partial charge on any atom is -0.457 e. The third-order valence-corrected chi connectivity index (χ3v) is 5.31. The smallest absolute Gasteiger partial charge is 0.307 e. The highest BCUT2D eigenvalue weighted by Crippen LogP contribution is 2.22. The van der Waals surface area contributed by atoms with Crippen LogP contribution < -0.4 is 0 Å². The van der Waals surface area contributed by atoms with Crippen molar-refractivity contribution in [1.82, 2.24) is 0 Å². The Bertz CT molecular complexity index is 1020. The van der Waals surface area contributed by atoms with Crippen molar-refractivity contribution < 1.29 is 19.2 Å². The number of thioether (sulfide) groups is 1. The number of Topliss-reactive ketones (excluding diaryl/α,β-unsaturated/α-hetero) is 1. The molecule has 0 aliphatic rings. The van der Waals surface area contributed by atoms with E-state index in [1.54, 1.807) is 24.3 Å². The van der Waals surface area contributed by atoms with Crippen LogP contribution in [0, 0.1) is 10.1 Å². The van der Waals surface area contributed by atoms with Gasteiger partial charge in [0.25, 0.3) is 5.69 Å². The highest BCUT2D eigenvalue weighted by atomic mass is 32.2. The Morgan fingerprint density at radius 2 is 1.50 bits per heavy atom. The molecule has 0 radical (unpaired) electrons. The van der Waals surface area contributed by atoms with Gasteiger partial charge in [0.05, 0.1) is 11.3 Å². The zero-order valence-corrected chi connectivity index (χ0v) is 16.8. The average molecular weight is 421 g/mol. The third kappa shape index (κ3) is 6.02. The summed E-state index contributed by atoms with van der Waals surface area (Å²) in [5, 5.41) is 10.6. The summed E-state index contributed by atoms with van der Waals surface area (Å²) in [5.41, 5.74) is 2.58. The van der Waals surface area contributed by atoms with Gasteiger partial charge in [0, 0.05) is 28.3 Å². The molecule has 3 aromatic carbocycles. The fourth-order valence-electron chi connectivity index (χ4n) is 2.70. The Labute approximate surface area is 178 Å². The number of carbonyl (C=O) groups excluding carboxylic acids is 2. The van der Waals surface area contributed by atoms with E-state index in [0.717, 1.165) is 16.0 Å². The summed E-state index contributed by atoms with van der Waals surface area (Å²) in [7, 11) is 0. The molecule has 0 bridgehead atoms. The van der Waals surface area contributed by atoms with E-state index in [1.807, 2.05) is 42.5 Å². The van der Waals surface area contributed by atoms with Crippen LogP contribution in [-0.2, 0) is 9.53 Å². The van der Waals surface area contributed by atoms with Crippen LogP contribution >= 0.6 is 11.8 Å². The minimum absolute atomic E-state index is 0.0223. The molecule has 0 aromatic heterocycles. The van der Waals surface area contributed by atoms with Gasteiger partial charge in [-0.25, -0.2) is 0 Å². The van der Waals surface area contributed by atoms with Gasteiger partial charge in [0.15, 0.2) is 12.4 Å². The molecule has 0 amide bonds. The summed E-state index contributed by atoms with van der Waals surface area (Å²) in [6.45, 7) is -0.300. The highest BCUT2D eigenvalue weighted by molar-refractivity contribution is 7.99. The number of non-ortho nitro benzene ring substituents is 1. The topological polar surface area (TPSA) is 86.5 Å². The van der Waals surface area contributed by atoms with Gasteiger partial charge in [-0.3, -0.25) is 19.7 Å². The van der Waals surface area contributed by atoms with E-state index >= 15 is 0 Å². The maximum Gasteiger partial charge on any atom is 0.307 e. The van der Waals surface area contributed by atoms with Gasteiger partial charge in [0.1, 0.15) is 0 Å². The lowest BCUT2D eigenvalue weighted by Gasteiger charge is -2.06. The number of hydrogen-bond donors (Lipinski definition) is 0. The van der Waals surface area contributed by atoms with Crippen LogP contribution in [0.3, 0.4) is 0 Å². The molecule has 0 spiro atoms. The van der Waals surface area contributed by atoms with Crippen molar-refractivity contribution in [3.63, 3.8) is 0 Å². The summed E-state index contributed by atoms with van der Waals surface area (Å²) in [6, 6.07) is 23.1. The van der Waals surface area contributed by atoms with Gasteiger partial charge in [-0.2, -0.15) is 0 Å². The van der Waals surface area contributed by atoms with Crippen LogP contribution in [0.5, 0.6) is 0 Å². The molecule has 3 rings (SSSR count). The fraction of sp³-hybridized carbons (Fsp3) is 0.130. The zero-order valence-electron chi connectivity index (χ0n) is 16.0. The molecule has 0 heterocycles. The number of esters is 1. The Hall–Kier alpha value is -3.45. The number of ketones is 1. The Morgan fingerprint density at radius 1 is 0.867 bits per heavy atom. The van der Waals surface area contributed by atoms with Crippen LogP contribution in [0.2, 0.25) is 0 Å². The van der Waals surface area contributed by atoms with Crippen LogP contribution in [0.25, 0.3) is 11.1 Å². The lowest BCUT2D eigenvalue weighted by molar-refractivity contribution is -0.384. The molecule has 0 atom stereocenters. The number of carbonyl (C=O) groups is 2. The number of nitrogens with zero attached hydrogens (tertiary/aromatic N) is 1. The molecule has 0 N–H and O–H groups in total. The first-order valence-corrected chi connectivity index (χ1v) is 10.2. The normalized spacial score (nSPS) is 10.4. The fourth-order valence-corrected chi connectivity index (χ4v) is 3.53. The molecule has 152 valence electrons. The van der Waals surface area contributed by atoms with Crippen molar-refractivity contribution in [3.8, 4) is 11.1 Å². The molecule has 6 nitrogen and oxygen atoms in total. The summed E-state index contributed by atoms with van der Waals surface area (Å²) < 4.78 is 5.07. The number of rotatable bonds is 9. The van der Waals surface area contributed by atoms with E-state index in [9.17, 15) is 19.7 Å². The van der Waals surface area contributed by atoms with Crippen molar-refractivity contribution in [2.45, 2.75) is 11.3 Å². The summed E-state index contributed by atoms with van der Waals surface area (Å²) in [5.74, 6) is -0.263. The lowest BCUT2D eigenvalue weighted by Crippen LogP contribution is -2.14. The molecule has 30 heavy (non-hydrogen) atoms. The van der Waals surface area contributed by atoms with Gasteiger partial charge in [-0.1, -0.05) is 54.6 Å². The summed E-state index contributed by atoms with van der Waals surface area (Å²) in [4.78, 5) is 35.1. The molecule has 3 aromatic rings. The highest BCUT2D eigenvalue weighted by Gasteiger charge is 2.11. The molecule has 0 saturated heterocycles. The second kappa shape index (κ2) is 10.4. The maximum absolute atomic E-state index is 12.2. The van der Waals surface area contributed by atoms with Gasteiger partial charge < -0.3 is 4.74 Å². The first-order valence-electron chi connectivity index (χ1n) is 9.24. The molecule has 0 unspecified atom stereocenters. The Kier molecular flexibility index (Phi) is 7.34. The van der Waals surface area contributed by atoms with E-state index in [-0.39, 0.29) is 24.5 Å². The lowest BCUT2D eigenvalue weighted by atomic mass is 10.0. The molecule has 0 aliphatic carbocycles. The second-order valence-corrected chi connectivity index (χ2v) is 7.55. The number of benzene rings is 3. The Balaban J connectivity index is 1.42. The zero-order chi connectivity index (χ0) is 21.3. The first-order chi connectivity index (χ1) is 14.5. The van der Waals surface area contributed by atoms with Crippen molar-refractivity contribution in [2.75, 3.05) is 12.4 Å². The standard InChI is InChI=1S/C23H19NO5S/c25-22(19-8-6-18(7-9-19)17-4-2-1-3-5-17)16-29-23(26)14-15-30-21-12-10-20(11-13-21)24(27)28/h1-13H,14-16H2. The molecular weight excluding hydrogens is 402 g/mol. The van der Waals surface area contributed by atoms with Crippen LogP contribution in [0.4, 0.5) is 5.69 Å². The van der Waals surface area contributed by atoms with Crippen molar-refractivity contribution in [3.05, 3.63) is 94.5 Å². The van der Waals surface area contributed by atoms with E-state index in [0.29, 0.717) is 11.3 Å². The van der Waals surface area contributed by atoms with Gasteiger partial charge in [0.2, 0.25) is 0 Å². The summed E-state index contributed by atoms with van der Waals surface area (Å²) >= 11 is 1.39. The SMILES string of the molecule is O=C(CCSc1ccc([N+](=O)[O-])cc1)OCC(=O)c1ccc(-c2ccccc2)cc1. The molecule has 0 saturated carbocycles. The predicted octanol–water partition coefficient (Wildman–Crippen LogP) is 5.17. The van der Waals surface area contributed by atoms with E-state index < -0.39 is 10.9 Å². The predicted molar refractivity (Wildman–Crippen MR) is 116 cm³/mol. The third-order valence-electron chi connectivity index (χ3n) is 4.30. The van der Waals surface area contributed by atoms with Crippen molar-refractivity contribution >= 4 is 29.2 Å². The van der Waals surface area contributed by atoms with E-state index in [2.05, 4.69) is 0 Å². The van der Waals surface area contributed by atoms with Gasteiger partial charge >= 0.3 is 5.97 Å². The van der Waals surface area contributed by atoms with Crippen molar-refractivity contribution in [2.24, 2.45) is 0 Å². The number of hydrogen-bond acceptors (Lipinski definition) is 6. The summed E-state index contributed by atoms with van der Waals surface area (Å²) in [6.07, 6.45) is 0.141. The van der Waals surface area contributed by atoms with Gasteiger partial charge in [-0.05, 0) is 23.3 Å². The van der Waals surface area contributed by atoms with Crippen molar-refractivity contribution in [1.29, 1.82) is 0 Å². The maximum atomic E-state index is 12.2. The molecule has 7 heteroatoms. The number of ether oxygens (including phenoxy) is 1. The first kappa shape index (κ1) is 21.3. The van der Waals surface area contributed by atoms with E-state index in [1.165, 1.54) is 23.9 Å². The van der Waals surface area contributed by atoms with E-state index in [4.69, 9.17) is 4.74 Å². The molecule has 0 fully saturated rings. The van der Waals surface area contributed by atoms with Crippen LogP contribution in [0.1, 0.15) is 16.8 Å². The minimum atomic E-state index is -0.460. The molecule has 0 aliphatic heterocycles. The largest absolute Gasteiger partial charge is 0.457 e.